The summed E-state index contributed by atoms with van der Waals surface area (Å²) in [7, 11) is 1.76. The van der Waals surface area contributed by atoms with Crippen LogP contribution in [0.15, 0.2) is 10.5 Å². The highest BCUT2D eigenvalue weighted by Crippen LogP contribution is 2.41. The van der Waals surface area contributed by atoms with E-state index in [0.717, 1.165) is 29.7 Å². The van der Waals surface area contributed by atoms with Crippen LogP contribution in [0.2, 0.25) is 0 Å². The fourth-order valence-corrected chi connectivity index (χ4v) is 3.17. The monoisotopic (exact) mass is 327 g/mol. The van der Waals surface area contributed by atoms with Gasteiger partial charge in [-0.1, -0.05) is 36.7 Å². The molecule has 0 aromatic heterocycles. The molecule has 1 N–H and O–H groups in total. The molecule has 0 aliphatic heterocycles. The van der Waals surface area contributed by atoms with E-state index in [1.165, 1.54) is 16.7 Å². The zero-order valence-electron chi connectivity index (χ0n) is 13.0. The van der Waals surface area contributed by atoms with Crippen LogP contribution < -0.4 is 10.1 Å². The number of rotatable bonds is 6. The van der Waals surface area contributed by atoms with E-state index in [2.05, 4.69) is 61.9 Å². The van der Waals surface area contributed by atoms with Gasteiger partial charge in [0.05, 0.1) is 7.11 Å². The summed E-state index contributed by atoms with van der Waals surface area (Å²) in [5.74, 6) is 1.03. The number of halogens is 1. The van der Waals surface area contributed by atoms with E-state index in [1.807, 2.05) is 0 Å². The van der Waals surface area contributed by atoms with Gasteiger partial charge >= 0.3 is 0 Å². The molecule has 0 bridgehead atoms. The lowest BCUT2D eigenvalue weighted by Crippen LogP contribution is -2.27. The van der Waals surface area contributed by atoms with Crippen LogP contribution in [-0.4, -0.2) is 20.2 Å². The zero-order valence-corrected chi connectivity index (χ0v) is 14.6. The number of nitrogens with one attached hydrogen (secondary N) is 1. The molecular weight excluding hydrogens is 302 g/mol. The van der Waals surface area contributed by atoms with E-state index >= 15 is 0 Å². The summed E-state index contributed by atoms with van der Waals surface area (Å²) in [6, 6.07) is 2.14. The Kier molecular flexibility index (Phi) is 5.87. The van der Waals surface area contributed by atoms with Crippen molar-refractivity contribution in [3.63, 3.8) is 0 Å². The lowest BCUT2D eigenvalue weighted by Gasteiger charge is -2.30. The molecule has 0 saturated heterocycles. The fourth-order valence-electron chi connectivity index (χ4n) is 2.63. The van der Waals surface area contributed by atoms with Crippen LogP contribution >= 0.6 is 15.9 Å². The lowest BCUT2D eigenvalue weighted by molar-refractivity contribution is 0.378. The van der Waals surface area contributed by atoms with Crippen LogP contribution in [0.1, 0.15) is 43.9 Å². The zero-order chi connectivity index (χ0) is 14.6. The van der Waals surface area contributed by atoms with Crippen LogP contribution in [0.3, 0.4) is 0 Å². The van der Waals surface area contributed by atoms with Gasteiger partial charge in [-0.25, -0.2) is 0 Å². The van der Waals surface area contributed by atoms with E-state index < -0.39 is 0 Å². The maximum absolute atomic E-state index is 5.66. The molecule has 0 amide bonds. The summed E-state index contributed by atoms with van der Waals surface area (Å²) in [5, 5.41) is 3.41. The molecule has 0 spiro atoms. The molecule has 0 radical (unpaired) electrons. The van der Waals surface area contributed by atoms with Crippen molar-refractivity contribution in [2.24, 2.45) is 0 Å². The highest BCUT2D eigenvalue weighted by molar-refractivity contribution is 9.10. The standard InChI is InChI=1S/C16H26BrNO/c1-7-18-9-8-16(4,5)14-12(3)13(17)10-11(2)15(14)19-6/h10,18H,7-9H2,1-6H3. The molecule has 2 nitrogen and oxygen atoms in total. The van der Waals surface area contributed by atoms with Gasteiger partial charge in [0.1, 0.15) is 5.75 Å². The minimum Gasteiger partial charge on any atom is -0.496 e. The summed E-state index contributed by atoms with van der Waals surface area (Å²) in [6.45, 7) is 13.0. The van der Waals surface area contributed by atoms with Crippen molar-refractivity contribution in [1.29, 1.82) is 0 Å². The van der Waals surface area contributed by atoms with Gasteiger partial charge in [0.25, 0.3) is 0 Å². The first-order chi connectivity index (χ1) is 8.85. The van der Waals surface area contributed by atoms with Gasteiger partial charge in [-0.15, -0.1) is 0 Å². The van der Waals surface area contributed by atoms with Gasteiger partial charge in [0, 0.05) is 10.0 Å². The largest absolute Gasteiger partial charge is 0.496 e. The second-order valence-corrected chi connectivity index (χ2v) is 6.55. The van der Waals surface area contributed by atoms with Crippen LogP contribution in [0.5, 0.6) is 5.75 Å². The Morgan fingerprint density at radius 2 is 1.95 bits per heavy atom. The molecular formula is C16H26BrNO. The Bertz CT molecular complexity index is 441. The Balaban J connectivity index is 3.23. The van der Waals surface area contributed by atoms with Crippen molar-refractivity contribution in [1.82, 2.24) is 5.32 Å². The molecule has 1 aromatic carbocycles. The molecule has 108 valence electrons. The molecule has 3 heteroatoms. The highest BCUT2D eigenvalue weighted by Gasteiger charge is 2.28. The molecule has 0 unspecified atom stereocenters. The van der Waals surface area contributed by atoms with Crippen molar-refractivity contribution < 1.29 is 4.74 Å². The summed E-state index contributed by atoms with van der Waals surface area (Å²) in [4.78, 5) is 0. The van der Waals surface area contributed by atoms with E-state index in [9.17, 15) is 0 Å². The summed E-state index contributed by atoms with van der Waals surface area (Å²) >= 11 is 3.66. The normalized spacial score (nSPS) is 11.7. The highest BCUT2D eigenvalue weighted by atomic mass is 79.9. The maximum Gasteiger partial charge on any atom is 0.125 e. The predicted octanol–water partition coefficient (Wildman–Crippen LogP) is 4.35. The van der Waals surface area contributed by atoms with Crippen LogP contribution in [-0.2, 0) is 5.41 Å². The Labute approximate surface area is 126 Å². The van der Waals surface area contributed by atoms with E-state index in [1.54, 1.807) is 7.11 Å². The van der Waals surface area contributed by atoms with Gasteiger partial charge < -0.3 is 10.1 Å². The summed E-state index contributed by atoms with van der Waals surface area (Å²) in [5.41, 5.74) is 3.88. The lowest BCUT2D eigenvalue weighted by atomic mass is 9.78. The van der Waals surface area contributed by atoms with Crippen LogP contribution in [0.4, 0.5) is 0 Å². The molecule has 0 fully saturated rings. The van der Waals surface area contributed by atoms with Gasteiger partial charge in [-0.3, -0.25) is 0 Å². The topological polar surface area (TPSA) is 21.3 Å². The van der Waals surface area contributed by atoms with Gasteiger partial charge in [-0.05, 0) is 56.0 Å². The number of hydrogen-bond acceptors (Lipinski definition) is 2. The Morgan fingerprint density at radius 3 is 2.47 bits per heavy atom. The maximum atomic E-state index is 5.66. The van der Waals surface area contributed by atoms with Crippen molar-refractivity contribution in [3.8, 4) is 5.75 Å². The third-order valence-corrected chi connectivity index (χ3v) is 4.54. The fraction of sp³-hybridized carbons (Fsp3) is 0.625. The van der Waals surface area contributed by atoms with Gasteiger partial charge in [-0.2, -0.15) is 0 Å². The SMILES string of the molecule is CCNCCC(C)(C)c1c(C)c(Br)cc(C)c1OC. The third kappa shape index (κ3) is 3.73. The second-order valence-electron chi connectivity index (χ2n) is 5.70. The Hall–Kier alpha value is -0.540. The third-order valence-electron chi connectivity index (χ3n) is 3.72. The van der Waals surface area contributed by atoms with Crippen molar-refractivity contribution >= 4 is 15.9 Å². The number of benzene rings is 1. The van der Waals surface area contributed by atoms with E-state index in [4.69, 9.17) is 4.74 Å². The van der Waals surface area contributed by atoms with Gasteiger partial charge in [0.15, 0.2) is 0 Å². The molecule has 0 atom stereocenters. The van der Waals surface area contributed by atoms with E-state index in [0.29, 0.717) is 0 Å². The van der Waals surface area contributed by atoms with E-state index in [-0.39, 0.29) is 5.41 Å². The molecule has 0 aliphatic rings. The number of hydrogen-bond donors (Lipinski definition) is 1. The predicted molar refractivity (Wildman–Crippen MR) is 86.4 cm³/mol. The Morgan fingerprint density at radius 1 is 1.32 bits per heavy atom. The molecule has 1 aromatic rings. The van der Waals surface area contributed by atoms with Crippen molar-refractivity contribution in [3.05, 3.63) is 27.2 Å². The minimum absolute atomic E-state index is 0.0894. The first-order valence-corrected chi connectivity index (χ1v) is 7.69. The average Bonchev–Trinajstić information content (AvgIpc) is 2.33. The molecule has 0 heterocycles. The van der Waals surface area contributed by atoms with Crippen LogP contribution in [0, 0.1) is 13.8 Å². The first kappa shape index (κ1) is 16.5. The molecule has 0 saturated carbocycles. The average molecular weight is 328 g/mol. The number of ether oxygens (including phenoxy) is 1. The number of methoxy groups -OCH3 is 1. The van der Waals surface area contributed by atoms with Crippen LogP contribution in [0.25, 0.3) is 0 Å². The quantitative estimate of drug-likeness (QED) is 0.784. The molecule has 1 rings (SSSR count). The van der Waals surface area contributed by atoms with Gasteiger partial charge in [0.2, 0.25) is 0 Å². The number of aryl methyl sites for hydroxylation is 1. The van der Waals surface area contributed by atoms with Crippen molar-refractivity contribution in [2.45, 2.75) is 46.5 Å². The molecule has 0 aliphatic carbocycles. The first-order valence-electron chi connectivity index (χ1n) is 6.90. The molecule has 19 heavy (non-hydrogen) atoms. The second kappa shape index (κ2) is 6.76. The van der Waals surface area contributed by atoms with Crippen molar-refractivity contribution in [2.75, 3.05) is 20.2 Å². The minimum atomic E-state index is 0.0894. The summed E-state index contributed by atoms with van der Waals surface area (Å²) in [6.07, 6.45) is 1.09. The smallest absolute Gasteiger partial charge is 0.125 e. The summed E-state index contributed by atoms with van der Waals surface area (Å²) < 4.78 is 6.83.